The van der Waals surface area contributed by atoms with Gasteiger partial charge in [-0.3, -0.25) is 4.79 Å². The molecule has 2 aromatic heterocycles. The van der Waals surface area contributed by atoms with E-state index >= 15 is 0 Å². The summed E-state index contributed by atoms with van der Waals surface area (Å²) in [4.78, 5) is 23.3. The predicted octanol–water partition coefficient (Wildman–Crippen LogP) is 2.68. The molecule has 1 aliphatic carbocycles. The molecule has 2 aromatic rings. The van der Waals surface area contributed by atoms with Crippen molar-refractivity contribution in [2.24, 2.45) is 5.92 Å². The normalized spacial score (nSPS) is 20.2. The Labute approximate surface area is 145 Å². The van der Waals surface area contributed by atoms with Crippen LogP contribution in [0.3, 0.4) is 0 Å². The number of nitrogens with zero attached hydrogens (tertiary/aromatic N) is 4. The van der Waals surface area contributed by atoms with E-state index in [2.05, 4.69) is 21.5 Å². The molecule has 1 amide bonds. The van der Waals surface area contributed by atoms with E-state index in [-0.39, 0.29) is 12.0 Å². The largest absolute Gasteiger partial charge is 0.369 e. The average molecular weight is 346 g/mol. The van der Waals surface area contributed by atoms with Crippen molar-refractivity contribution >= 4 is 17.2 Å². The van der Waals surface area contributed by atoms with Gasteiger partial charge < -0.3 is 14.2 Å². The van der Waals surface area contributed by atoms with Crippen LogP contribution in [0.1, 0.15) is 48.0 Å². The summed E-state index contributed by atoms with van der Waals surface area (Å²) in [6.45, 7) is 6.67. The van der Waals surface area contributed by atoms with E-state index in [0.29, 0.717) is 19.1 Å². The Morgan fingerprint density at radius 2 is 2.21 bits per heavy atom. The van der Waals surface area contributed by atoms with Crippen molar-refractivity contribution in [3.8, 4) is 0 Å². The number of amides is 1. The van der Waals surface area contributed by atoms with Crippen molar-refractivity contribution < 1.29 is 9.53 Å². The van der Waals surface area contributed by atoms with Gasteiger partial charge >= 0.3 is 0 Å². The highest BCUT2D eigenvalue weighted by atomic mass is 32.1. The molecule has 0 unspecified atom stereocenters. The monoisotopic (exact) mass is 346 g/mol. The van der Waals surface area contributed by atoms with Crippen LogP contribution in [0.5, 0.6) is 0 Å². The van der Waals surface area contributed by atoms with Gasteiger partial charge in [0.05, 0.1) is 41.8 Å². The zero-order valence-electron chi connectivity index (χ0n) is 14.1. The number of aryl methyl sites for hydroxylation is 1. The van der Waals surface area contributed by atoms with Crippen molar-refractivity contribution in [2.45, 2.75) is 52.5 Å². The van der Waals surface area contributed by atoms with Crippen LogP contribution in [0.2, 0.25) is 0 Å². The van der Waals surface area contributed by atoms with Crippen LogP contribution in [-0.4, -0.2) is 31.9 Å². The number of hydrogen-bond acceptors (Lipinski definition) is 5. The van der Waals surface area contributed by atoms with Gasteiger partial charge in [-0.15, -0.1) is 11.3 Å². The summed E-state index contributed by atoms with van der Waals surface area (Å²) < 4.78 is 8.01. The molecule has 0 bridgehead atoms. The zero-order valence-corrected chi connectivity index (χ0v) is 14.9. The number of imidazole rings is 1. The quantitative estimate of drug-likeness (QED) is 0.835. The maximum Gasteiger partial charge on any atom is 0.226 e. The number of hydrogen-bond donors (Lipinski definition) is 0. The van der Waals surface area contributed by atoms with E-state index in [1.807, 2.05) is 23.4 Å². The van der Waals surface area contributed by atoms with Crippen molar-refractivity contribution in [3.63, 3.8) is 0 Å². The first-order valence-corrected chi connectivity index (χ1v) is 9.35. The van der Waals surface area contributed by atoms with E-state index in [0.717, 1.165) is 48.2 Å². The molecule has 1 aliphatic heterocycles. The summed E-state index contributed by atoms with van der Waals surface area (Å²) in [7, 11) is 0. The second-order valence-corrected chi connectivity index (χ2v) is 7.65. The second kappa shape index (κ2) is 6.29. The van der Waals surface area contributed by atoms with Crippen molar-refractivity contribution in [1.82, 2.24) is 19.4 Å². The average Bonchev–Trinajstić information content (AvgIpc) is 3.22. The van der Waals surface area contributed by atoms with Gasteiger partial charge in [-0.05, 0) is 26.7 Å². The first-order chi connectivity index (χ1) is 11.6. The van der Waals surface area contributed by atoms with Crippen LogP contribution in [0.15, 0.2) is 11.6 Å². The van der Waals surface area contributed by atoms with Gasteiger partial charge in [-0.25, -0.2) is 9.97 Å². The van der Waals surface area contributed by atoms with Crippen LogP contribution in [0.4, 0.5) is 0 Å². The lowest BCUT2D eigenvalue weighted by molar-refractivity contribution is -0.135. The molecule has 7 heteroatoms. The Morgan fingerprint density at radius 1 is 1.38 bits per heavy atom. The summed E-state index contributed by atoms with van der Waals surface area (Å²) in [6, 6.07) is 0.0433. The number of rotatable bonds is 5. The highest BCUT2D eigenvalue weighted by molar-refractivity contribution is 7.09. The maximum absolute atomic E-state index is 12.4. The van der Waals surface area contributed by atoms with E-state index in [1.165, 1.54) is 0 Å². The number of thiazole rings is 1. The van der Waals surface area contributed by atoms with Gasteiger partial charge in [0.1, 0.15) is 5.82 Å². The first-order valence-electron chi connectivity index (χ1n) is 8.47. The smallest absolute Gasteiger partial charge is 0.226 e. The lowest BCUT2D eigenvalue weighted by Gasteiger charge is -2.34. The Bertz CT molecular complexity index is 750. The van der Waals surface area contributed by atoms with Crippen LogP contribution in [0.25, 0.3) is 0 Å². The third kappa shape index (κ3) is 2.98. The Hall–Kier alpha value is -1.73. The van der Waals surface area contributed by atoms with Crippen molar-refractivity contribution in [2.75, 3.05) is 6.54 Å². The van der Waals surface area contributed by atoms with E-state index < -0.39 is 0 Å². The predicted molar refractivity (Wildman–Crippen MR) is 90.4 cm³/mol. The fourth-order valence-electron chi connectivity index (χ4n) is 3.28. The van der Waals surface area contributed by atoms with Gasteiger partial charge in [-0.1, -0.05) is 0 Å². The molecule has 3 heterocycles. The number of carbonyl (C=O) groups excluding carboxylic acids is 1. The lowest BCUT2D eigenvalue weighted by atomic mass is 10.2. The Kier molecular flexibility index (Phi) is 4.14. The minimum Gasteiger partial charge on any atom is -0.369 e. The van der Waals surface area contributed by atoms with Crippen molar-refractivity contribution in [1.29, 1.82) is 0 Å². The van der Waals surface area contributed by atoms with Crippen LogP contribution in [-0.2, 0) is 29.3 Å². The molecule has 0 radical (unpaired) electrons. The molecule has 2 aliphatic rings. The molecule has 128 valence electrons. The van der Waals surface area contributed by atoms with Crippen molar-refractivity contribution in [3.05, 3.63) is 33.8 Å². The SMILES string of the molecule is Cc1nc(COCc2cnc3n2CCN(C(=O)C2CC2)[C@H]3C)cs1. The Morgan fingerprint density at radius 3 is 2.92 bits per heavy atom. The number of ether oxygens (including phenoxy) is 1. The topological polar surface area (TPSA) is 60.3 Å². The molecule has 1 saturated carbocycles. The summed E-state index contributed by atoms with van der Waals surface area (Å²) in [5, 5.41) is 3.09. The molecule has 0 aromatic carbocycles. The fraction of sp³-hybridized carbons (Fsp3) is 0.588. The number of carbonyl (C=O) groups is 1. The minimum absolute atomic E-state index is 0.0433. The second-order valence-electron chi connectivity index (χ2n) is 6.59. The fourth-order valence-corrected chi connectivity index (χ4v) is 3.87. The maximum atomic E-state index is 12.4. The van der Waals surface area contributed by atoms with E-state index in [9.17, 15) is 4.79 Å². The van der Waals surface area contributed by atoms with Gasteiger partial charge in [0.25, 0.3) is 0 Å². The number of aromatic nitrogens is 3. The lowest BCUT2D eigenvalue weighted by Crippen LogP contribution is -2.42. The first kappa shape index (κ1) is 15.8. The number of fused-ring (bicyclic) bond motifs is 1. The van der Waals surface area contributed by atoms with E-state index in [4.69, 9.17) is 4.74 Å². The molecule has 6 nitrogen and oxygen atoms in total. The molecule has 0 N–H and O–H groups in total. The van der Waals surface area contributed by atoms with Crippen LogP contribution in [0, 0.1) is 12.8 Å². The van der Waals surface area contributed by atoms with E-state index in [1.54, 1.807) is 11.3 Å². The molecule has 4 rings (SSSR count). The van der Waals surface area contributed by atoms with Gasteiger partial charge in [0.15, 0.2) is 0 Å². The molecule has 0 spiro atoms. The van der Waals surface area contributed by atoms with Gasteiger partial charge in [0, 0.05) is 24.4 Å². The molecular weight excluding hydrogens is 324 g/mol. The van der Waals surface area contributed by atoms with Crippen LogP contribution < -0.4 is 0 Å². The highest BCUT2D eigenvalue weighted by Gasteiger charge is 2.38. The molecule has 24 heavy (non-hydrogen) atoms. The summed E-state index contributed by atoms with van der Waals surface area (Å²) in [5.41, 5.74) is 2.05. The third-order valence-corrected chi connectivity index (χ3v) is 5.57. The highest BCUT2D eigenvalue weighted by Crippen LogP contribution is 2.35. The minimum atomic E-state index is 0.0433. The summed E-state index contributed by atoms with van der Waals surface area (Å²) in [6.07, 6.45) is 3.97. The molecule has 1 fully saturated rings. The molecular formula is C17H22N4O2S. The molecule has 1 atom stereocenters. The molecule has 0 saturated heterocycles. The van der Waals surface area contributed by atoms with Crippen LogP contribution >= 0.6 is 11.3 Å². The van der Waals surface area contributed by atoms with Gasteiger partial charge in [0.2, 0.25) is 5.91 Å². The summed E-state index contributed by atoms with van der Waals surface area (Å²) >= 11 is 1.64. The third-order valence-electron chi connectivity index (χ3n) is 4.75. The summed E-state index contributed by atoms with van der Waals surface area (Å²) in [5.74, 6) is 1.53. The Balaban J connectivity index is 1.40. The van der Waals surface area contributed by atoms with Gasteiger partial charge in [-0.2, -0.15) is 0 Å². The zero-order chi connectivity index (χ0) is 16.7. The standard InChI is InChI=1S/C17H22N4O2S/c1-11-16-18-7-15(9-23-8-14-10-24-12(2)19-14)21(16)6-5-20(11)17(22)13-3-4-13/h7,10-11,13H,3-6,8-9H2,1-2H3/t11-/m0/s1.